The van der Waals surface area contributed by atoms with Gasteiger partial charge in [0.25, 0.3) is 0 Å². The maximum atomic E-state index is 9.55. The molecule has 20 heavy (non-hydrogen) atoms. The molecule has 1 unspecified atom stereocenters. The lowest BCUT2D eigenvalue weighted by Gasteiger charge is -2.18. The SMILES string of the molecule is CN1CCCC1c1cccnc1.O=C(O)/C=C\C(=O)O. The molecule has 0 aromatic carbocycles. The summed E-state index contributed by atoms with van der Waals surface area (Å²) in [5, 5.41) is 15.6. The van der Waals surface area contributed by atoms with Gasteiger partial charge in [-0.2, -0.15) is 0 Å². The first-order chi connectivity index (χ1) is 9.50. The lowest BCUT2D eigenvalue weighted by molar-refractivity contribution is -0.134. The molecule has 6 nitrogen and oxygen atoms in total. The molecule has 108 valence electrons. The van der Waals surface area contributed by atoms with Crippen LogP contribution in [0.4, 0.5) is 0 Å². The standard InChI is InChI=1S/C10H14N2.C4H4O4/c1-12-7-3-5-10(12)9-4-2-6-11-8-9;5-3(6)1-2-4(7)8/h2,4,6,8,10H,3,5,7H2,1H3;1-2H,(H,5,6)(H,7,8)/b;2-1-. The van der Waals surface area contributed by atoms with Crippen molar-refractivity contribution in [2.45, 2.75) is 18.9 Å². The third kappa shape index (κ3) is 5.62. The van der Waals surface area contributed by atoms with Crippen molar-refractivity contribution < 1.29 is 19.8 Å². The van der Waals surface area contributed by atoms with E-state index in [1.54, 1.807) is 0 Å². The highest BCUT2D eigenvalue weighted by Gasteiger charge is 2.21. The number of pyridine rings is 1. The van der Waals surface area contributed by atoms with Gasteiger partial charge in [0.1, 0.15) is 0 Å². The number of hydrogen-bond acceptors (Lipinski definition) is 4. The summed E-state index contributed by atoms with van der Waals surface area (Å²) < 4.78 is 0. The molecule has 2 N–H and O–H groups in total. The molecule has 0 bridgehead atoms. The zero-order valence-corrected chi connectivity index (χ0v) is 11.3. The fraction of sp³-hybridized carbons (Fsp3) is 0.357. The summed E-state index contributed by atoms with van der Waals surface area (Å²) >= 11 is 0. The van der Waals surface area contributed by atoms with Crippen LogP contribution in [0.3, 0.4) is 0 Å². The Morgan fingerprint density at radius 2 is 2.00 bits per heavy atom. The van der Waals surface area contributed by atoms with Crippen LogP contribution in [-0.2, 0) is 9.59 Å². The van der Waals surface area contributed by atoms with Crippen molar-refractivity contribution in [1.82, 2.24) is 9.88 Å². The van der Waals surface area contributed by atoms with Gasteiger partial charge in [-0.25, -0.2) is 9.59 Å². The lowest BCUT2D eigenvalue weighted by Crippen LogP contribution is -2.17. The minimum Gasteiger partial charge on any atom is -0.478 e. The van der Waals surface area contributed by atoms with E-state index in [1.165, 1.54) is 24.9 Å². The Morgan fingerprint density at radius 1 is 1.35 bits per heavy atom. The molecular formula is C14H18N2O4. The largest absolute Gasteiger partial charge is 0.478 e. The molecule has 1 aromatic rings. The van der Waals surface area contributed by atoms with Crippen molar-refractivity contribution in [3.63, 3.8) is 0 Å². The summed E-state index contributed by atoms with van der Waals surface area (Å²) in [5.41, 5.74) is 1.36. The van der Waals surface area contributed by atoms with Gasteiger partial charge < -0.3 is 10.2 Å². The quantitative estimate of drug-likeness (QED) is 0.815. The van der Waals surface area contributed by atoms with Gasteiger partial charge in [-0.15, -0.1) is 0 Å². The molecule has 0 saturated carbocycles. The number of carboxylic acids is 2. The number of carbonyl (C=O) groups is 2. The van der Waals surface area contributed by atoms with Crippen LogP contribution in [0.2, 0.25) is 0 Å². The summed E-state index contributed by atoms with van der Waals surface area (Å²) in [7, 11) is 2.19. The van der Waals surface area contributed by atoms with Crippen LogP contribution in [0, 0.1) is 0 Å². The van der Waals surface area contributed by atoms with Crippen molar-refractivity contribution >= 4 is 11.9 Å². The van der Waals surface area contributed by atoms with Crippen LogP contribution < -0.4 is 0 Å². The van der Waals surface area contributed by atoms with Crippen LogP contribution in [0.15, 0.2) is 36.7 Å². The molecule has 2 heterocycles. The number of rotatable bonds is 3. The second kappa shape index (κ2) is 8.06. The Bertz CT molecular complexity index is 457. The van der Waals surface area contributed by atoms with E-state index in [0.29, 0.717) is 18.2 Å². The summed E-state index contributed by atoms with van der Waals surface area (Å²) in [6.07, 6.45) is 7.52. The van der Waals surface area contributed by atoms with Crippen molar-refractivity contribution in [1.29, 1.82) is 0 Å². The van der Waals surface area contributed by atoms with Crippen molar-refractivity contribution in [2.24, 2.45) is 0 Å². The highest BCUT2D eigenvalue weighted by atomic mass is 16.4. The maximum Gasteiger partial charge on any atom is 0.328 e. The third-order valence-electron chi connectivity index (χ3n) is 2.96. The summed E-state index contributed by atoms with van der Waals surface area (Å²) in [6, 6.07) is 4.79. The topological polar surface area (TPSA) is 90.7 Å². The molecular weight excluding hydrogens is 260 g/mol. The van der Waals surface area contributed by atoms with Gasteiger partial charge in [0.15, 0.2) is 0 Å². The Kier molecular flexibility index (Phi) is 6.39. The molecule has 0 radical (unpaired) electrons. The molecule has 1 aromatic heterocycles. The molecule has 1 fully saturated rings. The fourth-order valence-electron chi connectivity index (χ4n) is 2.05. The van der Waals surface area contributed by atoms with Crippen LogP contribution >= 0.6 is 0 Å². The average Bonchev–Trinajstić information content (AvgIpc) is 2.84. The Balaban J connectivity index is 0.000000221. The first-order valence-corrected chi connectivity index (χ1v) is 6.25. The monoisotopic (exact) mass is 278 g/mol. The number of aromatic nitrogens is 1. The number of likely N-dealkylation sites (tertiary alicyclic amines) is 1. The Hall–Kier alpha value is -2.21. The van der Waals surface area contributed by atoms with Crippen LogP contribution in [-0.4, -0.2) is 45.6 Å². The predicted octanol–water partition coefficient (Wildman–Crippen LogP) is 1.56. The number of hydrogen-bond donors (Lipinski definition) is 2. The van der Waals surface area contributed by atoms with Gasteiger partial charge in [0.05, 0.1) is 0 Å². The highest BCUT2D eigenvalue weighted by Crippen LogP contribution is 2.29. The van der Waals surface area contributed by atoms with Gasteiger partial charge >= 0.3 is 11.9 Å². The van der Waals surface area contributed by atoms with Crippen LogP contribution in [0.25, 0.3) is 0 Å². The fourth-order valence-corrected chi connectivity index (χ4v) is 2.05. The molecule has 1 aliphatic heterocycles. The minimum absolute atomic E-state index is 0.558. The van der Waals surface area contributed by atoms with Gasteiger partial charge in [-0.3, -0.25) is 9.88 Å². The normalized spacial score (nSPS) is 18.6. The predicted molar refractivity (Wildman–Crippen MR) is 73.3 cm³/mol. The van der Waals surface area contributed by atoms with Crippen LogP contribution in [0.5, 0.6) is 0 Å². The Morgan fingerprint density at radius 3 is 2.40 bits per heavy atom. The molecule has 0 amide bonds. The number of carboxylic acid groups (broad SMARTS) is 2. The van der Waals surface area contributed by atoms with E-state index in [4.69, 9.17) is 10.2 Å². The van der Waals surface area contributed by atoms with E-state index < -0.39 is 11.9 Å². The zero-order valence-electron chi connectivity index (χ0n) is 11.3. The van der Waals surface area contributed by atoms with E-state index in [9.17, 15) is 9.59 Å². The molecule has 1 saturated heterocycles. The first kappa shape index (κ1) is 15.8. The van der Waals surface area contributed by atoms with Crippen LogP contribution in [0.1, 0.15) is 24.4 Å². The van der Waals surface area contributed by atoms with E-state index in [1.807, 2.05) is 18.5 Å². The molecule has 6 heteroatoms. The molecule has 1 aliphatic rings. The van der Waals surface area contributed by atoms with E-state index in [-0.39, 0.29) is 0 Å². The van der Waals surface area contributed by atoms with Gasteiger partial charge in [0, 0.05) is 30.6 Å². The average molecular weight is 278 g/mol. The van der Waals surface area contributed by atoms with Gasteiger partial charge in [-0.1, -0.05) is 6.07 Å². The summed E-state index contributed by atoms with van der Waals surface area (Å²) in [4.78, 5) is 25.6. The third-order valence-corrected chi connectivity index (χ3v) is 2.96. The summed E-state index contributed by atoms with van der Waals surface area (Å²) in [5.74, 6) is -2.51. The van der Waals surface area contributed by atoms with E-state index in [0.717, 1.165) is 0 Å². The van der Waals surface area contributed by atoms with Crippen molar-refractivity contribution in [3.05, 3.63) is 42.2 Å². The highest BCUT2D eigenvalue weighted by molar-refractivity contribution is 5.89. The molecule has 0 spiro atoms. The van der Waals surface area contributed by atoms with Gasteiger partial charge in [-0.05, 0) is 38.1 Å². The molecule has 2 rings (SSSR count). The van der Waals surface area contributed by atoms with E-state index in [2.05, 4.69) is 23.0 Å². The lowest BCUT2D eigenvalue weighted by atomic mass is 10.1. The second-order valence-corrected chi connectivity index (χ2v) is 4.43. The second-order valence-electron chi connectivity index (χ2n) is 4.43. The van der Waals surface area contributed by atoms with Crippen molar-refractivity contribution in [3.8, 4) is 0 Å². The molecule has 0 aliphatic carbocycles. The number of aliphatic carboxylic acids is 2. The molecule has 1 atom stereocenters. The maximum absolute atomic E-state index is 9.55. The van der Waals surface area contributed by atoms with Crippen molar-refractivity contribution in [2.75, 3.05) is 13.6 Å². The zero-order chi connectivity index (χ0) is 15.0. The number of nitrogens with zero attached hydrogens (tertiary/aromatic N) is 2. The Labute approximate surface area is 117 Å². The smallest absolute Gasteiger partial charge is 0.328 e. The minimum atomic E-state index is -1.26. The van der Waals surface area contributed by atoms with Gasteiger partial charge in [0.2, 0.25) is 0 Å². The first-order valence-electron chi connectivity index (χ1n) is 6.25. The van der Waals surface area contributed by atoms with E-state index >= 15 is 0 Å². The summed E-state index contributed by atoms with van der Waals surface area (Å²) in [6.45, 7) is 1.22.